The number of hydrogen-bond donors (Lipinski definition) is 3. The number of nitrogens with one attached hydrogen (secondary N) is 1. The highest BCUT2D eigenvalue weighted by atomic mass is 32.1. The zero-order valence-electron chi connectivity index (χ0n) is 17.6. The smallest absolute Gasteiger partial charge is 0.0901 e. The summed E-state index contributed by atoms with van der Waals surface area (Å²) >= 11 is 9.48. The Morgan fingerprint density at radius 1 is 1.19 bits per heavy atom. The van der Waals surface area contributed by atoms with E-state index >= 15 is 0 Å². The minimum atomic E-state index is 0.994. The van der Waals surface area contributed by atoms with Crippen molar-refractivity contribution in [1.29, 1.82) is 0 Å². The molecule has 2 aromatic rings. The number of rotatable bonds is 3. The van der Waals surface area contributed by atoms with Crippen molar-refractivity contribution in [3.8, 4) is 0 Å². The predicted molar refractivity (Wildman–Crippen MR) is 134 cm³/mol. The van der Waals surface area contributed by atoms with Crippen LogP contribution in [0, 0.1) is 13.8 Å². The van der Waals surface area contributed by atoms with Crippen LogP contribution in [-0.4, -0.2) is 18.3 Å². The van der Waals surface area contributed by atoms with E-state index in [1.165, 1.54) is 16.7 Å². The first-order valence-electron chi connectivity index (χ1n) is 8.53. The fraction of sp³-hybridized carbons (Fsp3) is 0.318. The van der Waals surface area contributed by atoms with Crippen LogP contribution < -0.4 is 5.32 Å². The Hall–Kier alpha value is -1.43. The van der Waals surface area contributed by atoms with Crippen molar-refractivity contribution >= 4 is 47.9 Å². The third-order valence-corrected chi connectivity index (χ3v) is 4.25. The topological polar surface area (TPSA) is 24.9 Å². The minimum absolute atomic E-state index is 0.994. The summed E-state index contributed by atoms with van der Waals surface area (Å²) in [6, 6.07) is 6.11. The van der Waals surface area contributed by atoms with E-state index in [0.29, 0.717) is 0 Å². The fourth-order valence-corrected chi connectivity index (χ4v) is 2.84. The zero-order valence-corrected chi connectivity index (χ0v) is 20.2. The second-order valence-electron chi connectivity index (χ2n) is 5.49. The lowest BCUT2D eigenvalue weighted by Crippen LogP contribution is -1.89. The zero-order chi connectivity index (χ0) is 21.4. The number of hydrogen-bond acceptors (Lipinski definition) is 5. The normalized spacial score (nSPS) is 9.44. The molecule has 1 N–H and O–H groups in total. The summed E-state index contributed by atoms with van der Waals surface area (Å²) in [7, 11) is 1.90. The summed E-state index contributed by atoms with van der Waals surface area (Å²) in [5.74, 6) is 0. The molecule has 1 heterocycles. The molecule has 0 fully saturated rings. The van der Waals surface area contributed by atoms with Crippen LogP contribution in [-0.2, 0) is 0 Å². The van der Waals surface area contributed by atoms with Crippen molar-refractivity contribution in [1.82, 2.24) is 4.98 Å². The van der Waals surface area contributed by atoms with Gasteiger partial charge in [-0.25, -0.2) is 4.98 Å². The molecule has 0 atom stereocenters. The molecule has 1 aromatic carbocycles. The van der Waals surface area contributed by atoms with Gasteiger partial charge in [0.15, 0.2) is 0 Å². The standard InChI is InChI=1S/C11H15NS.C8H11NS.C2H4.CH4S/c1-5-10(6-8(2)3)11-7-13-9(4)12-11;1-6-3-4-8(10)7(5-6)9-2;2*1-2/h5-7H,1-4H3;3-5,9-10H,1-2H3;1-2H2;2H,1H3/b10-5+;;;. The van der Waals surface area contributed by atoms with Gasteiger partial charge in [0.2, 0.25) is 0 Å². The Morgan fingerprint density at radius 3 is 2.15 bits per heavy atom. The van der Waals surface area contributed by atoms with Gasteiger partial charge in [0.25, 0.3) is 0 Å². The van der Waals surface area contributed by atoms with Gasteiger partial charge >= 0.3 is 0 Å². The Kier molecular flexibility index (Phi) is 17.2. The van der Waals surface area contributed by atoms with Gasteiger partial charge in [-0.05, 0) is 64.1 Å². The molecule has 2 rings (SSSR count). The van der Waals surface area contributed by atoms with E-state index in [-0.39, 0.29) is 0 Å². The van der Waals surface area contributed by atoms with E-state index < -0.39 is 0 Å². The first-order valence-corrected chi connectivity index (χ1v) is 10.7. The largest absolute Gasteiger partial charge is 0.387 e. The van der Waals surface area contributed by atoms with Gasteiger partial charge < -0.3 is 5.32 Å². The molecule has 150 valence electrons. The number of anilines is 1. The van der Waals surface area contributed by atoms with Crippen LogP contribution in [0.1, 0.15) is 37.0 Å². The van der Waals surface area contributed by atoms with Gasteiger partial charge in [-0.2, -0.15) is 12.6 Å². The third kappa shape index (κ3) is 11.8. The molecule has 2 nitrogen and oxygen atoms in total. The molecule has 0 saturated carbocycles. The number of aryl methyl sites for hydroxylation is 2. The van der Waals surface area contributed by atoms with Crippen LogP contribution >= 0.6 is 36.6 Å². The van der Waals surface area contributed by atoms with Crippen LogP contribution in [0.2, 0.25) is 0 Å². The van der Waals surface area contributed by atoms with Gasteiger partial charge in [0.1, 0.15) is 0 Å². The summed E-state index contributed by atoms with van der Waals surface area (Å²) in [4.78, 5) is 5.43. The van der Waals surface area contributed by atoms with Crippen LogP contribution in [0.5, 0.6) is 0 Å². The maximum atomic E-state index is 4.44. The highest BCUT2D eigenvalue weighted by Gasteiger charge is 2.01. The quantitative estimate of drug-likeness (QED) is 0.271. The van der Waals surface area contributed by atoms with E-state index in [1.807, 2.05) is 33.0 Å². The Labute approximate surface area is 181 Å². The first kappa shape index (κ1) is 27.8. The van der Waals surface area contributed by atoms with Crippen LogP contribution in [0.25, 0.3) is 5.57 Å². The molecule has 0 saturated heterocycles. The fourth-order valence-electron chi connectivity index (χ4n) is 1.96. The Balaban J connectivity index is 0. The third-order valence-electron chi connectivity index (χ3n) is 3.09. The second kappa shape index (κ2) is 16.7. The molecule has 0 unspecified atom stereocenters. The van der Waals surface area contributed by atoms with E-state index in [9.17, 15) is 0 Å². The van der Waals surface area contributed by atoms with Gasteiger partial charge in [-0.15, -0.1) is 37.1 Å². The Morgan fingerprint density at radius 2 is 1.78 bits per heavy atom. The van der Waals surface area contributed by atoms with E-state index in [2.05, 4.69) is 93.1 Å². The number of thiazole rings is 1. The summed E-state index contributed by atoms with van der Waals surface area (Å²) in [6.07, 6.45) is 5.95. The predicted octanol–water partition coefficient (Wildman–Crippen LogP) is 7.49. The Bertz CT molecular complexity index is 712. The lowest BCUT2D eigenvalue weighted by atomic mass is 10.1. The van der Waals surface area contributed by atoms with Gasteiger partial charge in [0.05, 0.1) is 10.7 Å². The van der Waals surface area contributed by atoms with Crippen molar-refractivity contribution in [3.05, 3.63) is 70.7 Å². The van der Waals surface area contributed by atoms with Crippen molar-refractivity contribution < 1.29 is 0 Å². The number of benzene rings is 1. The van der Waals surface area contributed by atoms with Crippen molar-refractivity contribution in [2.45, 2.75) is 39.5 Å². The monoisotopic (exact) mass is 422 g/mol. The molecular weight excluding hydrogens is 388 g/mol. The van der Waals surface area contributed by atoms with Gasteiger partial charge in [0, 0.05) is 23.0 Å². The van der Waals surface area contributed by atoms with Crippen LogP contribution in [0.4, 0.5) is 5.69 Å². The number of allylic oxidation sites excluding steroid dienone is 4. The van der Waals surface area contributed by atoms with Crippen molar-refractivity contribution in [2.75, 3.05) is 18.6 Å². The lowest BCUT2D eigenvalue weighted by molar-refractivity contribution is 1.26. The molecule has 0 bridgehead atoms. The molecule has 27 heavy (non-hydrogen) atoms. The highest BCUT2D eigenvalue weighted by molar-refractivity contribution is 7.80. The van der Waals surface area contributed by atoms with Crippen LogP contribution in [0.15, 0.2) is 59.4 Å². The van der Waals surface area contributed by atoms with Gasteiger partial charge in [-0.3, -0.25) is 0 Å². The molecule has 0 aliphatic carbocycles. The van der Waals surface area contributed by atoms with E-state index in [1.54, 1.807) is 17.6 Å². The number of aromatic nitrogens is 1. The summed E-state index contributed by atoms with van der Waals surface area (Å²) in [5.41, 5.74) is 5.94. The first-order chi connectivity index (χ1) is 12.9. The second-order valence-corrected chi connectivity index (χ2v) is 7.03. The van der Waals surface area contributed by atoms with Gasteiger partial charge in [-0.1, -0.05) is 23.8 Å². The van der Waals surface area contributed by atoms with Crippen molar-refractivity contribution in [2.24, 2.45) is 0 Å². The lowest BCUT2D eigenvalue weighted by Gasteiger charge is -2.03. The average molecular weight is 423 g/mol. The van der Waals surface area contributed by atoms with Crippen LogP contribution in [0.3, 0.4) is 0 Å². The van der Waals surface area contributed by atoms with Crippen molar-refractivity contribution in [3.63, 3.8) is 0 Å². The molecule has 0 aliphatic rings. The maximum Gasteiger partial charge on any atom is 0.0901 e. The minimum Gasteiger partial charge on any atom is -0.387 e. The molecule has 0 aliphatic heterocycles. The molecule has 1 aromatic heterocycles. The SMILES string of the molecule is C/C=C(\C=C(C)C)c1csc(C)n1.C=C.CNc1cc(C)ccc1S.CS. The maximum absolute atomic E-state index is 4.44. The molecule has 0 amide bonds. The summed E-state index contributed by atoms with van der Waals surface area (Å²) in [5, 5.41) is 6.28. The summed E-state index contributed by atoms with van der Waals surface area (Å²) in [6.45, 7) is 16.3. The van der Waals surface area contributed by atoms with E-state index in [4.69, 9.17) is 0 Å². The molecule has 5 heteroatoms. The average Bonchev–Trinajstić information content (AvgIpc) is 3.11. The summed E-state index contributed by atoms with van der Waals surface area (Å²) < 4.78 is 0. The number of thiol groups is 2. The number of nitrogens with zero attached hydrogens (tertiary/aromatic N) is 1. The molecule has 0 radical (unpaired) electrons. The molecular formula is C22H34N2S3. The molecule has 0 spiro atoms. The van der Waals surface area contributed by atoms with E-state index in [0.717, 1.165) is 21.3 Å². The highest BCUT2D eigenvalue weighted by Crippen LogP contribution is 2.20.